The largest absolute Gasteiger partial charge is 0.308 e. The minimum absolute atomic E-state index is 0.557. The molecule has 0 amide bonds. The fourth-order valence-corrected chi connectivity index (χ4v) is 14.1. The van der Waals surface area contributed by atoms with Crippen molar-refractivity contribution in [2.45, 2.75) is 0 Å². The molecule has 5 nitrogen and oxygen atoms in total. The van der Waals surface area contributed by atoms with E-state index in [9.17, 15) is 5.26 Å². The number of nitriles is 1. The van der Waals surface area contributed by atoms with Crippen LogP contribution in [0.1, 0.15) is 5.56 Å². The van der Waals surface area contributed by atoms with E-state index in [0.717, 1.165) is 55.3 Å². The third-order valence-corrected chi connectivity index (χ3v) is 17.0. The average molecular weight is 834 g/mol. The maximum Gasteiger partial charge on any atom is 0.179 e. The molecule has 64 heavy (non-hydrogen) atoms. The van der Waals surface area contributed by atoms with Crippen molar-refractivity contribution in [1.82, 2.24) is 19.5 Å². The van der Waals surface area contributed by atoms with Crippen LogP contribution in [0.25, 0.3) is 72.8 Å². The van der Waals surface area contributed by atoms with Crippen LogP contribution in [0.15, 0.2) is 237 Å². The van der Waals surface area contributed by atoms with E-state index in [1.807, 2.05) is 78.9 Å². The molecule has 11 aromatic rings. The van der Waals surface area contributed by atoms with Gasteiger partial charge in [0.1, 0.15) is 0 Å². The van der Waals surface area contributed by atoms with Gasteiger partial charge in [0.15, 0.2) is 25.5 Å². The molecule has 0 fully saturated rings. The first-order chi connectivity index (χ1) is 31.7. The van der Waals surface area contributed by atoms with Gasteiger partial charge < -0.3 is 4.57 Å². The molecule has 0 aliphatic carbocycles. The molecule has 0 N–H and O–H groups in total. The van der Waals surface area contributed by atoms with E-state index in [0.29, 0.717) is 23.0 Å². The van der Waals surface area contributed by atoms with E-state index in [2.05, 4.69) is 168 Å². The number of rotatable bonds is 9. The van der Waals surface area contributed by atoms with Crippen LogP contribution >= 0.6 is 0 Å². The van der Waals surface area contributed by atoms with E-state index < -0.39 is 8.07 Å². The first-order valence-electron chi connectivity index (χ1n) is 21.4. The van der Waals surface area contributed by atoms with Gasteiger partial charge >= 0.3 is 0 Å². The normalized spacial score (nSPS) is 11.4. The summed E-state index contributed by atoms with van der Waals surface area (Å²) in [4.78, 5) is 15.7. The molecule has 0 atom stereocenters. The summed E-state index contributed by atoms with van der Waals surface area (Å²) in [6.07, 6.45) is 0. The molecule has 0 bridgehead atoms. The molecule has 0 radical (unpaired) electrons. The average Bonchev–Trinajstić information content (AvgIpc) is 3.71. The number of fused-ring (bicyclic) bond motifs is 3. The van der Waals surface area contributed by atoms with Gasteiger partial charge in [-0.05, 0) is 68.3 Å². The number of nitrogens with zero attached hydrogens (tertiary/aromatic N) is 5. The first-order valence-corrected chi connectivity index (χ1v) is 23.4. The van der Waals surface area contributed by atoms with Crippen molar-refractivity contribution in [3.63, 3.8) is 0 Å². The van der Waals surface area contributed by atoms with Crippen LogP contribution in [0.3, 0.4) is 0 Å². The van der Waals surface area contributed by atoms with Crippen LogP contribution in [0.4, 0.5) is 0 Å². The molecule has 0 unspecified atom stereocenters. The SMILES string of the molecule is N#Cc1ccc2c(c1)c1ccccc1n2-c1ccc(-c2cccc([Si](c3ccccc3)(c3ccccc3)c3ccccc3)c2)cc1-c1nc(-c2ccccc2)nc(-c2ccccc2)n1. The maximum absolute atomic E-state index is 9.95. The lowest BCUT2D eigenvalue weighted by molar-refractivity contribution is 1.06. The van der Waals surface area contributed by atoms with Gasteiger partial charge in [0, 0.05) is 27.5 Å². The number of aromatic nitrogens is 4. The highest BCUT2D eigenvalue weighted by atomic mass is 28.3. The Kier molecular flexibility index (Phi) is 9.85. The highest BCUT2D eigenvalue weighted by Crippen LogP contribution is 2.38. The van der Waals surface area contributed by atoms with Crippen molar-refractivity contribution in [3.8, 4) is 57.0 Å². The van der Waals surface area contributed by atoms with Crippen molar-refractivity contribution >= 4 is 50.6 Å². The molecule has 2 heterocycles. The van der Waals surface area contributed by atoms with Crippen molar-refractivity contribution < 1.29 is 0 Å². The molecule has 11 rings (SSSR count). The second-order valence-corrected chi connectivity index (χ2v) is 19.7. The lowest BCUT2D eigenvalue weighted by Gasteiger charge is -2.34. The van der Waals surface area contributed by atoms with Crippen molar-refractivity contribution in [2.24, 2.45) is 0 Å². The Bertz CT molecular complexity index is 3340. The Balaban J connectivity index is 1.19. The van der Waals surface area contributed by atoms with Crippen LogP contribution in [-0.2, 0) is 0 Å². The van der Waals surface area contributed by atoms with Crippen LogP contribution in [0, 0.1) is 11.3 Å². The Morgan fingerprint density at radius 3 is 1.41 bits per heavy atom. The quantitative estimate of drug-likeness (QED) is 0.107. The topological polar surface area (TPSA) is 67.4 Å². The molecule has 0 saturated heterocycles. The molecule has 300 valence electrons. The summed E-state index contributed by atoms with van der Waals surface area (Å²) < 4.78 is 2.29. The van der Waals surface area contributed by atoms with Gasteiger partial charge in [0.05, 0.1) is 28.4 Å². The molecule has 2 aromatic heterocycles. The van der Waals surface area contributed by atoms with Gasteiger partial charge in [-0.15, -0.1) is 0 Å². The number of hydrogen-bond donors (Lipinski definition) is 0. The molecule has 6 heteroatoms. The van der Waals surface area contributed by atoms with Gasteiger partial charge in [0.2, 0.25) is 0 Å². The van der Waals surface area contributed by atoms with E-state index in [1.165, 1.54) is 20.7 Å². The van der Waals surface area contributed by atoms with Gasteiger partial charge in [-0.1, -0.05) is 200 Å². The third-order valence-electron chi connectivity index (χ3n) is 12.2. The minimum Gasteiger partial charge on any atom is -0.308 e. The standard InChI is InChI=1S/C58H39N5Si/c59-40-41-33-35-54-51(37-41)50-31-16-17-32-53(50)63(54)55-36-34-45(39-52(55)58-61-56(42-19-6-1-7-20-42)60-57(62-58)43-21-8-2-9-22-43)44-23-18-30-49(38-44)64(46-24-10-3-11-25-46,47-26-12-4-13-27-47)48-28-14-5-15-29-48/h1-39H. The fourth-order valence-electron chi connectivity index (χ4n) is 9.32. The molecule has 0 saturated carbocycles. The van der Waals surface area contributed by atoms with Gasteiger partial charge in [-0.25, -0.2) is 15.0 Å². The van der Waals surface area contributed by atoms with Crippen LogP contribution in [0.2, 0.25) is 0 Å². The zero-order valence-electron chi connectivity index (χ0n) is 34.8. The summed E-state index contributed by atoms with van der Waals surface area (Å²) in [6.45, 7) is 0. The van der Waals surface area contributed by atoms with Crippen molar-refractivity contribution in [1.29, 1.82) is 5.26 Å². The van der Waals surface area contributed by atoms with E-state index in [1.54, 1.807) is 0 Å². The maximum atomic E-state index is 9.95. The Labute approximate surface area is 372 Å². The lowest BCUT2D eigenvalue weighted by atomic mass is 10.0. The molecule has 0 aliphatic rings. The van der Waals surface area contributed by atoms with E-state index in [-0.39, 0.29) is 0 Å². The van der Waals surface area contributed by atoms with Crippen molar-refractivity contribution in [3.05, 3.63) is 242 Å². The second-order valence-electron chi connectivity index (χ2n) is 15.9. The van der Waals surface area contributed by atoms with Crippen LogP contribution in [-0.4, -0.2) is 27.6 Å². The third kappa shape index (κ3) is 6.69. The van der Waals surface area contributed by atoms with Crippen molar-refractivity contribution in [2.75, 3.05) is 0 Å². The minimum atomic E-state index is -2.82. The summed E-state index contributed by atoms with van der Waals surface area (Å²) in [7, 11) is -2.82. The summed E-state index contributed by atoms with van der Waals surface area (Å²) in [6, 6.07) is 85.8. The molecular formula is C58H39N5Si. The van der Waals surface area contributed by atoms with Gasteiger partial charge in [0.25, 0.3) is 0 Å². The first kappa shape index (κ1) is 38.4. The summed E-state index contributed by atoms with van der Waals surface area (Å²) in [5.74, 6) is 1.74. The highest BCUT2D eigenvalue weighted by molar-refractivity contribution is 7.19. The second kappa shape index (κ2) is 16.4. The van der Waals surface area contributed by atoms with Crippen LogP contribution in [0.5, 0.6) is 0 Å². The molecule has 0 aliphatic heterocycles. The number of hydrogen-bond acceptors (Lipinski definition) is 4. The summed E-state index contributed by atoms with van der Waals surface area (Å²) in [5, 5.41) is 17.3. The predicted molar refractivity (Wildman–Crippen MR) is 264 cm³/mol. The summed E-state index contributed by atoms with van der Waals surface area (Å²) >= 11 is 0. The monoisotopic (exact) mass is 833 g/mol. The Morgan fingerprint density at radius 1 is 0.359 bits per heavy atom. The fraction of sp³-hybridized carbons (Fsp3) is 0. The smallest absolute Gasteiger partial charge is 0.179 e. The molecule has 0 spiro atoms. The zero-order chi connectivity index (χ0) is 42.9. The van der Waals surface area contributed by atoms with E-state index >= 15 is 0 Å². The number of para-hydroxylation sites is 1. The summed E-state index contributed by atoms with van der Waals surface area (Å²) in [5.41, 5.74) is 8.32. The van der Waals surface area contributed by atoms with Gasteiger partial charge in [-0.2, -0.15) is 5.26 Å². The predicted octanol–water partition coefficient (Wildman–Crippen LogP) is 10.9. The van der Waals surface area contributed by atoms with E-state index in [4.69, 9.17) is 15.0 Å². The Morgan fingerprint density at radius 2 is 0.828 bits per heavy atom. The highest BCUT2D eigenvalue weighted by Gasteiger charge is 2.41. The molecular weight excluding hydrogens is 795 g/mol. The van der Waals surface area contributed by atoms with Crippen LogP contribution < -0.4 is 20.7 Å². The lowest BCUT2D eigenvalue weighted by Crippen LogP contribution is -2.74. The number of benzene rings is 9. The zero-order valence-corrected chi connectivity index (χ0v) is 35.8. The Hall–Kier alpha value is -8.50. The van der Waals surface area contributed by atoms with Gasteiger partial charge in [-0.3, -0.25) is 0 Å². The molecule has 9 aromatic carbocycles.